The van der Waals surface area contributed by atoms with Crippen LogP contribution in [-0.4, -0.2) is 5.38 Å². The van der Waals surface area contributed by atoms with E-state index in [1.165, 1.54) is 244 Å². The summed E-state index contributed by atoms with van der Waals surface area (Å²) in [5.74, 6) is 0. The number of unbranched alkanes of at least 4 members (excludes halogenated alkanes) is 34. The zero-order valence-electron chi connectivity index (χ0n) is 29.8. The van der Waals surface area contributed by atoms with E-state index in [0.717, 1.165) is 0 Å². The van der Waals surface area contributed by atoms with Crippen LogP contribution >= 0.6 is 11.6 Å². The molecule has 0 fully saturated rings. The SMILES string of the molecule is CCCCCCCCCCCCCCCCCCCCC(Cl)CCCCCCCCCCCCCCCCCCCC. The van der Waals surface area contributed by atoms with Crippen molar-refractivity contribution in [3.05, 3.63) is 0 Å². The maximum atomic E-state index is 6.63. The fourth-order valence-corrected chi connectivity index (χ4v) is 6.99. The van der Waals surface area contributed by atoms with E-state index in [4.69, 9.17) is 11.6 Å². The van der Waals surface area contributed by atoms with Crippen LogP contribution in [0.4, 0.5) is 0 Å². The summed E-state index contributed by atoms with van der Waals surface area (Å²) in [5, 5.41) is 0.437. The lowest BCUT2D eigenvalue weighted by molar-refractivity contribution is 0.511. The van der Waals surface area contributed by atoms with Gasteiger partial charge in [-0.25, -0.2) is 0 Å². The van der Waals surface area contributed by atoms with Crippen LogP contribution in [0.15, 0.2) is 0 Å². The lowest BCUT2D eigenvalue weighted by atomic mass is 10.0. The molecule has 0 radical (unpaired) electrons. The standard InChI is InChI=1S/C41H83Cl/c1-3-5-7-9-11-13-15-17-19-21-23-25-27-29-31-33-35-37-39-41(42)40-38-36-34-32-30-28-26-24-22-20-18-16-14-12-10-8-6-4-2/h41H,3-40H2,1-2H3. The molecular weight excluding hydrogens is 528 g/mol. The molecule has 0 nitrogen and oxygen atoms in total. The topological polar surface area (TPSA) is 0 Å². The predicted molar refractivity (Wildman–Crippen MR) is 196 cm³/mol. The Labute approximate surface area is 274 Å². The summed E-state index contributed by atoms with van der Waals surface area (Å²) < 4.78 is 0. The second-order valence-electron chi connectivity index (χ2n) is 14.2. The maximum absolute atomic E-state index is 6.63. The summed E-state index contributed by atoms with van der Waals surface area (Å²) in [4.78, 5) is 0. The Bertz CT molecular complexity index is 406. The van der Waals surface area contributed by atoms with Gasteiger partial charge in [-0.1, -0.05) is 245 Å². The molecule has 0 atom stereocenters. The average molecular weight is 612 g/mol. The molecule has 0 aliphatic heterocycles. The quantitative estimate of drug-likeness (QED) is 0.0481. The number of hydrogen-bond donors (Lipinski definition) is 0. The Morgan fingerprint density at radius 2 is 0.381 bits per heavy atom. The fraction of sp³-hybridized carbons (Fsp3) is 1.00. The third-order valence-corrected chi connectivity index (χ3v) is 10.2. The minimum Gasteiger partial charge on any atom is -0.123 e. The molecule has 0 spiro atoms. The first-order chi connectivity index (χ1) is 20.8. The summed E-state index contributed by atoms with van der Waals surface area (Å²) in [7, 11) is 0. The second-order valence-corrected chi connectivity index (χ2v) is 14.8. The van der Waals surface area contributed by atoms with E-state index in [2.05, 4.69) is 13.8 Å². The third kappa shape index (κ3) is 38.3. The average Bonchev–Trinajstić information content (AvgIpc) is 3.00. The van der Waals surface area contributed by atoms with Crippen LogP contribution in [0.2, 0.25) is 0 Å². The van der Waals surface area contributed by atoms with Gasteiger partial charge in [0.1, 0.15) is 0 Å². The van der Waals surface area contributed by atoms with E-state index >= 15 is 0 Å². The Morgan fingerprint density at radius 3 is 0.548 bits per heavy atom. The maximum Gasteiger partial charge on any atom is 0.0336 e. The van der Waals surface area contributed by atoms with E-state index in [9.17, 15) is 0 Å². The molecular formula is C41H83Cl. The monoisotopic (exact) mass is 611 g/mol. The molecule has 0 aromatic carbocycles. The molecule has 0 saturated heterocycles. The molecule has 0 rings (SSSR count). The minimum atomic E-state index is 0.437. The van der Waals surface area contributed by atoms with Crippen molar-refractivity contribution in [3.63, 3.8) is 0 Å². The molecule has 0 unspecified atom stereocenters. The van der Waals surface area contributed by atoms with Crippen molar-refractivity contribution in [3.8, 4) is 0 Å². The molecule has 0 saturated carbocycles. The summed E-state index contributed by atoms with van der Waals surface area (Å²) in [6, 6.07) is 0. The van der Waals surface area contributed by atoms with Crippen LogP contribution in [0, 0.1) is 0 Å². The first-order valence-corrected chi connectivity index (χ1v) is 20.9. The van der Waals surface area contributed by atoms with Gasteiger partial charge in [0, 0.05) is 5.38 Å². The van der Waals surface area contributed by atoms with Gasteiger partial charge in [0.2, 0.25) is 0 Å². The molecule has 0 aliphatic rings. The minimum absolute atomic E-state index is 0.437. The smallest absolute Gasteiger partial charge is 0.0336 e. The molecule has 0 bridgehead atoms. The van der Waals surface area contributed by atoms with E-state index in [-0.39, 0.29) is 0 Å². The van der Waals surface area contributed by atoms with E-state index in [1.807, 2.05) is 0 Å². The van der Waals surface area contributed by atoms with Crippen molar-refractivity contribution in [2.24, 2.45) is 0 Å². The van der Waals surface area contributed by atoms with E-state index in [1.54, 1.807) is 0 Å². The summed E-state index contributed by atoms with van der Waals surface area (Å²) in [6.07, 6.45) is 54.8. The van der Waals surface area contributed by atoms with Crippen LogP contribution in [0.25, 0.3) is 0 Å². The second kappa shape index (κ2) is 39.3. The molecule has 254 valence electrons. The Morgan fingerprint density at radius 1 is 0.238 bits per heavy atom. The molecule has 0 aromatic heterocycles. The highest BCUT2D eigenvalue weighted by atomic mass is 35.5. The zero-order valence-corrected chi connectivity index (χ0v) is 30.6. The zero-order chi connectivity index (χ0) is 30.4. The molecule has 0 aliphatic carbocycles. The number of rotatable bonds is 38. The van der Waals surface area contributed by atoms with Crippen molar-refractivity contribution >= 4 is 11.6 Å². The lowest BCUT2D eigenvalue weighted by Crippen LogP contribution is -1.98. The van der Waals surface area contributed by atoms with Crippen molar-refractivity contribution in [2.45, 2.75) is 263 Å². The molecule has 0 heterocycles. The van der Waals surface area contributed by atoms with Crippen LogP contribution in [0.1, 0.15) is 258 Å². The lowest BCUT2D eigenvalue weighted by Gasteiger charge is -2.09. The molecule has 0 aromatic rings. The third-order valence-electron chi connectivity index (χ3n) is 9.74. The van der Waals surface area contributed by atoms with Gasteiger partial charge in [-0.3, -0.25) is 0 Å². The van der Waals surface area contributed by atoms with Gasteiger partial charge in [-0.15, -0.1) is 11.6 Å². The Kier molecular flexibility index (Phi) is 39.6. The van der Waals surface area contributed by atoms with E-state index in [0.29, 0.717) is 5.38 Å². The van der Waals surface area contributed by atoms with Crippen molar-refractivity contribution in [1.29, 1.82) is 0 Å². The highest BCUT2D eigenvalue weighted by Gasteiger charge is 2.04. The van der Waals surface area contributed by atoms with Gasteiger partial charge >= 0.3 is 0 Å². The van der Waals surface area contributed by atoms with E-state index < -0.39 is 0 Å². The highest BCUT2D eigenvalue weighted by molar-refractivity contribution is 6.20. The van der Waals surface area contributed by atoms with Crippen molar-refractivity contribution < 1.29 is 0 Å². The fourth-order valence-electron chi connectivity index (χ4n) is 6.68. The summed E-state index contributed by atoms with van der Waals surface area (Å²) >= 11 is 6.63. The van der Waals surface area contributed by atoms with Crippen molar-refractivity contribution in [2.75, 3.05) is 0 Å². The predicted octanol–water partition coefficient (Wildman–Crippen LogP) is 16.5. The summed E-state index contributed by atoms with van der Waals surface area (Å²) in [6.45, 7) is 4.61. The largest absolute Gasteiger partial charge is 0.123 e. The van der Waals surface area contributed by atoms with Gasteiger partial charge in [-0.2, -0.15) is 0 Å². The van der Waals surface area contributed by atoms with Gasteiger partial charge in [0.25, 0.3) is 0 Å². The van der Waals surface area contributed by atoms with Crippen LogP contribution in [0.5, 0.6) is 0 Å². The molecule has 1 heteroatoms. The highest BCUT2D eigenvalue weighted by Crippen LogP contribution is 2.20. The van der Waals surface area contributed by atoms with Gasteiger partial charge < -0.3 is 0 Å². The number of alkyl halides is 1. The van der Waals surface area contributed by atoms with Crippen LogP contribution in [0.3, 0.4) is 0 Å². The summed E-state index contributed by atoms with van der Waals surface area (Å²) in [5.41, 5.74) is 0. The molecule has 42 heavy (non-hydrogen) atoms. The van der Waals surface area contributed by atoms with Crippen LogP contribution in [-0.2, 0) is 0 Å². The first-order valence-electron chi connectivity index (χ1n) is 20.4. The molecule has 0 N–H and O–H groups in total. The Balaban J connectivity index is 3.13. The van der Waals surface area contributed by atoms with Gasteiger partial charge in [0.15, 0.2) is 0 Å². The number of hydrogen-bond acceptors (Lipinski definition) is 0. The van der Waals surface area contributed by atoms with Crippen LogP contribution < -0.4 is 0 Å². The normalized spacial score (nSPS) is 11.7. The Hall–Kier alpha value is 0.290. The van der Waals surface area contributed by atoms with Crippen molar-refractivity contribution in [1.82, 2.24) is 0 Å². The van der Waals surface area contributed by atoms with Gasteiger partial charge in [-0.05, 0) is 12.8 Å². The van der Waals surface area contributed by atoms with Gasteiger partial charge in [0.05, 0.1) is 0 Å². The first kappa shape index (κ1) is 42.3. The number of halogens is 1. The molecule has 0 amide bonds.